The van der Waals surface area contributed by atoms with Gasteiger partial charge in [0.1, 0.15) is 0 Å². The molecule has 0 aliphatic carbocycles. The summed E-state index contributed by atoms with van der Waals surface area (Å²) in [5, 5.41) is 3.35. The predicted molar refractivity (Wildman–Crippen MR) is 72.6 cm³/mol. The highest BCUT2D eigenvalue weighted by molar-refractivity contribution is 5.85. The number of ketones is 1. The van der Waals surface area contributed by atoms with Gasteiger partial charge in [-0.15, -0.1) is 0 Å². The topological polar surface area (TPSA) is 42.0 Å². The van der Waals surface area contributed by atoms with Crippen molar-refractivity contribution in [2.45, 2.75) is 51.5 Å². The molecule has 1 aliphatic rings. The van der Waals surface area contributed by atoms with Crippen molar-refractivity contribution in [1.29, 1.82) is 0 Å². The Morgan fingerprint density at radius 2 is 2.28 bits per heavy atom. The number of aryl methyl sites for hydroxylation is 1. The van der Waals surface area contributed by atoms with E-state index in [2.05, 4.69) is 23.3 Å². The fourth-order valence-electron chi connectivity index (χ4n) is 2.37. The van der Waals surface area contributed by atoms with Crippen LogP contribution in [0.5, 0.6) is 0 Å². The van der Waals surface area contributed by atoms with E-state index in [4.69, 9.17) is 0 Å². The van der Waals surface area contributed by atoms with Crippen molar-refractivity contribution in [3.05, 3.63) is 29.6 Å². The zero-order valence-electron chi connectivity index (χ0n) is 11.1. The second-order valence-corrected chi connectivity index (χ2v) is 5.01. The quantitative estimate of drug-likeness (QED) is 0.886. The van der Waals surface area contributed by atoms with Crippen LogP contribution in [-0.2, 0) is 17.6 Å². The lowest BCUT2D eigenvalue weighted by Gasteiger charge is -2.14. The maximum absolute atomic E-state index is 12.2. The number of Topliss-reactive ketones (excluding diaryl/α,β-unsaturated/α-hetero) is 1. The number of nitrogens with one attached hydrogen (secondary N) is 1. The first-order chi connectivity index (χ1) is 8.79. The van der Waals surface area contributed by atoms with Crippen LogP contribution in [0.15, 0.2) is 18.3 Å². The van der Waals surface area contributed by atoms with E-state index >= 15 is 0 Å². The number of pyridine rings is 1. The largest absolute Gasteiger partial charge is 0.307 e. The van der Waals surface area contributed by atoms with Gasteiger partial charge in [-0.1, -0.05) is 25.8 Å². The van der Waals surface area contributed by atoms with Gasteiger partial charge in [0.15, 0.2) is 5.78 Å². The van der Waals surface area contributed by atoms with Crippen LogP contribution in [0.4, 0.5) is 0 Å². The van der Waals surface area contributed by atoms with Crippen molar-refractivity contribution in [3.8, 4) is 0 Å². The van der Waals surface area contributed by atoms with Crippen LogP contribution in [0.1, 0.15) is 43.9 Å². The maximum atomic E-state index is 12.2. The number of nitrogens with zero attached hydrogens (tertiary/aromatic N) is 1. The van der Waals surface area contributed by atoms with Crippen molar-refractivity contribution in [3.63, 3.8) is 0 Å². The van der Waals surface area contributed by atoms with Gasteiger partial charge in [0.25, 0.3) is 0 Å². The molecule has 1 N–H and O–H groups in total. The molecule has 2 heterocycles. The lowest BCUT2D eigenvalue weighted by molar-refractivity contribution is -0.120. The summed E-state index contributed by atoms with van der Waals surface area (Å²) in [6.45, 7) is 3.08. The number of hydrogen-bond donors (Lipinski definition) is 1. The van der Waals surface area contributed by atoms with Crippen molar-refractivity contribution >= 4 is 5.78 Å². The molecule has 18 heavy (non-hydrogen) atoms. The molecule has 0 aromatic carbocycles. The minimum Gasteiger partial charge on any atom is -0.307 e. The van der Waals surface area contributed by atoms with Crippen molar-refractivity contribution < 1.29 is 4.79 Å². The van der Waals surface area contributed by atoms with Crippen molar-refractivity contribution in [2.24, 2.45) is 0 Å². The van der Waals surface area contributed by atoms with Gasteiger partial charge in [-0.05, 0) is 37.4 Å². The van der Waals surface area contributed by atoms with E-state index in [9.17, 15) is 4.79 Å². The second-order valence-electron chi connectivity index (χ2n) is 5.01. The Kier molecular flexibility index (Phi) is 4.88. The first-order valence-electron chi connectivity index (χ1n) is 6.99. The Bertz CT molecular complexity index is 378. The van der Waals surface area contributed by atoms with Gasteiger partial charge in [-0.2, -0.15) is 0 Å². The summed E-state index contributed by atoms with van der Waals surface area (Å²) in [5.74, 6) is 0.286. The van der Waals surface area contributed by atoms with E-state index in [0.717, 1.165) is 31.5 Å². The summed E-state index contributed by atoms with van der Waals surface area (Å²) in [6.07, 6.45) is 7.89. The zero-order chi connectivity index (χ0) is 12.8. The van der Waals surface area contributed by atoms with Gasteiger partial charge in [-0.3, -0.25) is 9.78 Å². The fraction of sp³-hybridized carbons (Fsp3) is 0.600. The molecule has 0 radical (unpaired) electrons. The summed E-state index contributed by atoms with van der Waals surface area (Å²) in [7, 11) is 0. The Labute approximate surface area is 109 Å². The standard InChI is InChI=1S/C15H22N2O/c1-2-12-7-8-13(17-11-12)10-15(18)14-6-4-3-5-9-16-14/h7-8,11,14,16H,2-6,9-10H2,1H3. The van der Waals surface area contributed by atoms with E-state index in [1.165, 1.54) is 18.4 Å². The van der Waals surface area contributed by atoms with Crippen LogP contribution < -0.4 is 5.32 Å². The number of carbonyl (C=O) groups is 1. The van der Waals surface area contributed by atoms with Crippen LogP contribution >= 0.6 is 0 Å². The minimum atomic E-state index is 0.0418. The van der Waals surface area contributed by atoms with E-state index in [1.54, 1.807) is 0 Å². The third kappa shape index (κ3) is 3.64. The molecule has 1 aliphatic heterocycles. The van der Waals surface area contributed by atoms with Gasteiger partial charge < -0.3 is 5.32 Å². The summed E-state index contributed by atoms with van der Waals surface area (Å²) in [6, 6.07) is 4.09. The molecule has 1 unspecified atom stereocenters. The molecular weight excluding hydrogens is 224 g/mol. The molecule has 2 rings (SSSR count). The van der Waals surface area contributed by atoms with E-state index < -0.39 is 0 Å². The summed E-state index contributed by atoms with van der Waals surface area (Å²) in [4.78, 5) is 16.5. The molecule has 0 amide bonds. The van der Waals surface area contributed by atoms with Crippen molar-refractivity contribution in [2.75, 3.05) is 6.54 Å². The molecular formula is C15H22N2O. The summed E-state index contributed by atoms with van der Waals surface area (Å²) < 4.78 is 0. The SMILES string of the molecule is CCc1ccc(CC(=O)C2CCCCCN2)nc1. The first-order valence-corrected chi connectivity index (χ1v) is 6.99. The monoisotopic (exact) mass is 246 g/mol. The molecule has 0 bridgehead atoms. The molecule has 98 valence electrons. The summed E-state index contributed by atoms with van der Waals surface area (Å²) >= 11 is 0. The smallest absolute Gasteiger partial charge is 0.155 e. The Hall–Kier alpha value is -1.22. The Morgan fingerprint density at radius 3 is 3.00 bits per heavy atom. The van der Waals surface area contributed by atoms with E-state index in [-0.39, 0.29) is 11.8 Å². The molecule has 1 aromatic heterocycles. The lowest BCUT2D eigenvalue weighted by atomic mass is 10.0. The number of aromatic nitrogens is 1. The zero-order valence-corrected chi connectivity index (χ0v) is 11.1. The highest BCUT2D eigenvalue weighted by Crippen LogP contribution is 2.11. The molecule has 1 saturated heterocycles. The maximum Gasteiger partial charge on any atom is 0.155 e. The molecule has 0 spiro atoms. The van der Waals surface area contributed by atoms with E-state index in [0.29, 0.717) is 6.42 Å². The number of hydrogen-bond acceptors (Lipinski definition) is 3. The van der Waals surface area contributed by atoms with Gasteiger partial charge in [-0.25, -0.2) is 0 Å². The second kappa shape index (κ2) is 6.64. The third-order valence-corrected chi connectivity index (χ3v) is 3.60. The molecule has 3 heteroatoms. The van der Waals surface area contributed by atoms with E-state index in [1.807, 2.05) is 12.3 Å². The van der Waals surface area contributed by atoms with Crippen molar-refractivity contribution in [1.82, 2.24) is 10.3 Å². The molecule has 0 saturated carbocycles. The Morgan fingerprint density at radius 1 is 1.39 bits per heavy atom. The van der Waals surface area contributed by atoms with Crippen LogP contribution in [0, 0.1) is 0 Å². The normalized spacial score (nSPS) is 20.4. The highest BCUT2D eigenvalue weighted by Gasteiger charge is 2.19. The number of carbonyl (C=O) groups excluding carboxylic acids is 1. The molecule has 3 nitrogen and oxygen atoms in total. The van der Waals surface area contributed by atoms with Crippen LogP contribution in [-0.4, -0.2) is 23.4 Å². The number of rotatable bonds is 4. The van der Waals surface area contributed by atoms with Crippen LogP contribution in [0.3, 0.4) is 0 Å². The van der Waals surface area contributed by atoms with Gasteiger partial charge in [0.05, 0.1) is 12.5 Å². The predicted octanol–water partition coefficient (Wildman–Crippen LogP) is 2.29. The average Bonchev–Trinajstić information content (AvgIpc) is 2.68. The van der Waals surface area contributed by atoms with Gasteiger partial charge in [0, 0.05) is 11.9 Å². The molecule has 1 aromatic rings. The average molecular weight is 246 g/mol. The third-order valence-electron chi connectivity index (χ3n) is 3.60. The minimum absolute atomic E-state index is 0.0418. The van der Waals surface area contributed by atoms with Crippen LogP contribution in [0.2, 0.25) is 0 Å². The molecule has 1 fully saturated rings. The Balaban J connectivity index is 1.92. The fourth-order valence-corrected chi connectivity index (χ4v) is 2.37. The van der Waals surface area contributed by atoms with Gasteiger partial charge >= 0.3 is 0 Å². The first kappa shape index (κ1) is 13.2. The lowest BCUT2D eigenvalue weighted by Crippen LogP contribution is -2.37. The van der Waals surface area contributed by atoms with Crippen LogP contribution in [0.25, 0.3) is 0 Å². The summed E-state index contributed by atoms with van der Waals surface area (Å²) in [5.41, 5.74) is 2.11. The van der Waals surface area contributed by atoms with Gasteiger partial charge in [0.2, 0.25) is 0 Å². The molecule has 1 atom stereocenters. The highest BCUT2D eigenvalue weighted by atomic mass is 16.1.